The summed E-state index contributed by atoms with van der Waals surface area (Å²) >= 11 is 0. The van der Waals surface area contributed by atoms with E-state index < -0.39 is 0 Å². The van der Waals surface area contributed by atoms with E-state index in [0.717, 1.165) is 39.0 Å². The van der Waals surface area contributed by atoms with Crippen LogP contribution in [0.5, 0.6) is 0 Å². The molecule has 0 amide bonds. The van der Waals surface area contributed by atoms with Crippen LogP contribution in [-0.2, 0) is 10.8 Å². The van der Waals surface area contributed by atoms with Gasteiger partial charge in [0.05, 0.1) is 5.69 Å². The van der Waals surface area contributed by atoms with E-state index in [4.69, 9.17) is 4.42 Å². The van der Waals surface area contributed by atoms with Crippen LogP contribution >= 0.6 is 0 Å². The van der Waals surface area contributed by atoms with E-state index in [1.165, 1.54) is 92.9 Å². The van der Waals surface area contributed by atoms with Crippen LogP contribution in [0.25, 0.3) is 55.0 Å². The molecule has 2 nitrogen and oxygen atoms in total. The summed E-state index contributed by atoms with van der Waals surface area (Å²) in [5.41, 5.74) is 17.7. The Kier molecular flexibility index (Phi) is 6.76. The van der Waals surface area contributed by atoms with Crippen LogP contribution in [0.2, 0.25) is 0 Å². The highest BCUT2D eigenvalue weighted by atomic mass is 16.3. The van der Waals surface area contributed by atoms with Crippen molar-refractivity contribution in [1.82, 2.24) is 0 Å². The standard InChI is InChI=1S/C52H45NO/c1-51(2)44-18-10-8-15-38(44)42-30-46-43(31-45(42)51)40-27-23-34-29-36(26-28-37(34)49(40)52(46,3)4)53(35-24-21-33(22-25-35)32-13-6-5-7-14-32)47-19-12-17-41-39-16-9-11-20-48(39)54-50(41)47/h8-12,15-32H,5-7,13-14H2,1-4H3. The lowest BCUT2D eigenvalue weighted by Gasteiger charge is -2.28. The number of fused-ring (bicyclic) bond motifs is 11. The largest absolute Gasteiger partial charge is 0.454 e. The average Bonchev–Trinajstić information content (AvgIpc) is 3.78. The Morgan fingerprint density at radius 2 is 1.22 bits per heavy atom. The first-order valence-corrected chi connectivity index (χ1v) is 20.0. The summed E-state index contributed by atoms with van der Waals surface area (Å²) in [5, 5.41) is 4.87. The molecule has 0 N–H and O–H groups in total. The second kappa shape index (κ2) is 11.5. The molecular weight excluding hydrogens is 655 g/mol. The van der Waals surface area contributed by atoms with E-state index in [1.807, 2.05) is 0 Å². The van der Waals surface area contributed by atoms with Gasteiger partial charge in [-0.25, -0.2) is 0 Å². The zero-order valence-corrected chi connectivity index (χ0v) is 31.7. The third-order valence-corrected chi connectivity index (χ3v) is 13.4. The highest BCUT2D eigenvalue weighted by Gasteiger charge is 2.42. The molecule has 1 heterocycles. The smallest absolute Gasteiger partial charge is 0.159 e. The van der Waals surface area contributed by atoms with Crippen molar-refractivity contribution in [2.75, 3.05) is 4.90 Å². The van der Waals surface area contributed by atoms with Crippen LogP contribution in [-0.4, -0.2) is 0 Å². The quantitative estimate of drug-likeness (QED) is 0.182. The van der Waals surface area contributed by atoms with E-state index >= 15 is 0 Å². The Morgan fingerprint density at radius 1 is 0.519 bits per heavy atom. The molecule has 7 aromatic carbocycles. The summed E-state index contributed by atoms with van der Waals surface area (Å²) in [5.74, 6) is 0.664. The number of nitrogens with zero attached hydrogens (tertiary/aromatic N) is 1. The van der Waals surface area contributed by atoms with Crippen molar-refractivity contribution in [3.63, 3.8) is 0 Å². The topological polar surface area (TPSA) is 16.4 Å². The Bertz CT molecular complexity index is 2810. The third-order valence-electron chi connectivity index (χ3n) is 13.4. The first-order valence-electron chi connectivity index (χ1n) is 20.0. The van der Waals surface area contributed by atoms with E-state index in [-0.39, 0.29) is 10.8 Å². The Balaban J connectivity index is 1.07. The minimum absolute atomic E-state index is 0.0274. The lowest BCUT2D eigenvalue weighted by molar-refractivity contribution is 0.443. The van der Waals surface area contributed by atoms with Gasteiger partial charge in [-0.2, -0.15) is 0 Å². The molecule has 1 aromatic heterocycles. The molecule has 0 spiro atoms. The molecule has 3 aliphatic rings. The number of furan rings is 1. The average molecular weight is 700 g/mol. The van der Waals surface area contributed by atoms with E-state index in [1.54, 1.807) is 0 Å². The van der Waals surface area contributed by atoms with Crippen LogP contribution in [0.1, 0.15) is 93.5 Å². The fraction of sp³-hybridized carbons (Fsp3) is 0.231. The van der Waals surface area contributed by atoms with Gasteiger partial charge in [0.1, 0.15) is 5.58 Å². The van der Waals surface area contributed by atoms with Crippen molar-refractivity contribution >= 4 is 49.8 Å². The summed E-state index contributed by atoms with van der Waals surface area (Å²) in [6, 6.07) is 50.3. The first kappa shape index (κ1) is 31.9. The lowest BCUT2D eigenvalue weighted by Crippen LogP contribution is -2.17. The number of hydrogen-bond acceptors (Lipinski definition) is 2. The van der Waals surface area contributed by atoms with Crippen molar-refractivity contribution in [1.29, 1.82) is 0 Å². The number of rotatable bonds is 4. The Labute approximate surface area is 318 Å². The molecule has 0 radical (unpaired) electrons. The molecule has 1 fully saturated rings. The second-order valence-corrected chi connectivity index (χ2v) is 17.1. The molecule has 0 bridgehead atoms. The van der Waals surface area contributed by atoms with Gasteiger partial charge >= 0.3 is 0 Å². The fourth-order valence-corrected chi connectivity index (χ4v) is 10.6. The molecule has 11 rings (SSSR count). The molecule has 0 unspecified atom stereocenters. The molecule has 264 valence electrons. The van der Waals surface area contributed by atoms with Crippen LogP contribution in [0.3, 0.4) is 0 Å². The van der Waals surface area contributed by atoms with Crippen molar-refractivity contribution in [3.8, 4) is 22.3 Å². The maximum absolute atomic E-state index is 6.67. The normalized spacial score (nSPS) is 16.7. The minimum Gasteiger partial charge on any atom is -0.454 e. The van der Waals surface area contributed by atoms with E-state index in [2.05, 4.69) is 166 Å². The molecule has 54 heavy (non-hydrogen) atoms. The summed E-state index contributed by atoms with van der Waals surface area (Å²) in [7, 11) is 0. The van der Waals surface area contributed by atoms with Gasteiger partial charge in [-0.15, -0.1) is 0 Å². The van der Waals surface area contributed by atoms with Crippen molar-refractivity contribution in [3.05, 3.63) is 161 Å². The van der Waals surface area contributed by atoms with E-state index in [9.17, 15) is 0 Å². The van der Waals surface area contributed by atoms with Gasteiger partial charge in [-0.05, 0) is 128 Å². The van der Waals surface area contributed by atoms with Crippen molar-refractivity contribution in [2.24, 2.45) is 0 Å². The summed E-state index contributed by atoms with van der Waals surface area (Å²) in [4.78, 5) is 2.41. The zero-order valence-electron chi connectivity index (χ0n) is 31.7. The maximum atomic E-state index is 6.67. The van der Waals surface area contributed by atoms with Gasteiger partial charge in [0.2, 0.25) is 0 Å². The monoisotopic (exact) mass is 699 g/mol. The van der Waals surface area contributed by atoms with Crippen LogP contribution < -0.4 is 4.90 Å². The fourth-order valence-electron chi connectivity index (χ4n) is 10.6. The van der Waals surface area contributed by atoms with Gasteiger partial charge in [-0.1, -0.05) is 132 Å². The molecule has 0 aliphatic heterocycles. The van der Waals surface area contributed by atoms with Gasteiger partial charge in [0.15, 0.2) is 5.58 Å². The molecule has 1 saturated carbocycles. The highest BCUT2D eigenvalue weighted by molar-refractivity contribution is 6.10. The highest BCUT2D eigenvalue weighted by Crippen LogP contribution is 2.57. The first-order chi connectivity index (χ1) is 26.3. The summed E-state index contributed by atoms with van der Waals surface area (Å²) in [6.07, 6.45) is 6.63. The SMILES string of the molecule is CC1(C)c2ccccc2-c2cc3c(cc21)-c1ccc2cc(N(c4ccc(C5CCCCC5)cc4)c4cccc5c4oc4ccccc45)ccc2c1C3(C)C. The maximum Gasteiger partial charge on any atom is 0.159 e. The Hall–Kier alpha value is -5.60. The molecule has 0 atom stereocenters. The van der Waals surface area contributed by atoms with Crippen molar-refractivity contribution < 1.29 is 4.42 Å². The number of benzene rings is 7. The van der Waals surface area contributed by atoms with Crippen LogP contribution in [0, 0.1) is 0 Å². The molecule has 3 aliphatic carbocycles. The third kappa shape index (κ3) is 4.46. The molecule has 2 heteroatoms. The second-order valence-electron chi connectivity index (χ2n) is 17.1. The van der Waals surface area contributed by atoms with E-state index in [0.29, 0.717) is 5.92 Å². The van der Waals surface area contributed by atoms with Gasteiger partial charge in [0, 0.05) is 33.0 Å². The molecular formula is C52H45NO. The molecule has 0 saturated heterocycles. The van der Waals surface area contributed by atoms with Gasteiger partial charge in [-0.3, -0.25) is 0 Å². The van der Waals surface area contributed by atoms with Crippen molar-refractivity contribution in [2.45, 2.75) is 76.5 Å². The minimum atomic E-state index is -0.142. The lowest BCUT2D eigenvalue weighted by atomic mass is 9.78. The molecule has 8 aromatic rings. The zero-order chi connectivity index (χ0) is 36.3. The van der Waals surface area contributed by atoms with Crippen LogP contribution in [0.15, 0.2) is 138 Å². The number of para-hydroxylation sites is 2. The summed E-state index contributed by atoms with van der Waals surface area (Å²) in [6.45, 7) is 9.61. The number of anilines is 3. The van der Waals surface area contributed by atoms with Gasteiger partial charge < -0.3 is 9.32 Å². The van der Waals surface area contributed by atoms with Gasteiger partial charge in [0.25, 0.3) is 0 Å². The number of hydrogen-bond donors (Lipinski definition) is 0. The Morgan fingerprint density at radius 3 is 2.06 bits per heavy atom. The van der Waals surface area contributed by atoms with Crippen LogP contribution in [0.4, 0.5) is 17.1 Å². The predicted molar refractivity (Wildman–Crippen MR) is 227 cm³/mol. The predicted octanol–water partition coefficient (Wildman–Crippen LogP) is 14.9. The summed E-state index contributed by atoms with van der Waals surface area (Å²) < 4.78 is 6.67.